The molecule has 1 aromatic carbocycles. The summed E-state index contributed by atoms with van der Waals surface area (Å²) in [5.74, 6) is 0.731. The molecule has 0 fully saturated rings. The second kappa shape index (κ2) is 6.95. The number of thiazole rings is 1. The van der Waals surface area contributed by atoms with E-state index in [2.05, 4.69) is 66.2 Å². The smallest absolute Gasteiger partial charge is 0.196 e. The van der Waals surface area contributed by atoms with Crippen LogP contribution in [0.2, 0.25) is 0 Å². The summed E-state index contributed by atoms with van der Waals surface area (Å²) in [5, 5.41) is 2.20. The van der Waals surface area contributed by atoms with Crippen molar-refractivity contribution in [2.24, 2.45) is 4.99 Å². The van der Waals surface area contributed by atoms with Crippen molar-refractivity contribution in [1.82, 2.24) is 9.55 Å². The van der Waals surface area contributed by atoms with Gasteiger partial charge in [0.05, 0.1) is 0 Å². The Bertz CT molecular complexity index is 887. The Morgan fingerprint density at radius 2 is 1.96 bits per heavy atom. The Labute approximate surface area is 151 Å². The van der Waals surface area contributed by atoms with Gasteiger partial charge in [0.2, 0.25) is 0 Å². The monoisotopic (exact) mass is 355 g/mol. The summed E-state index contributed by atoms with van der Waals surface area (Å²) in [6, 6.07) is 14.4. The van der Waals surface area contributed by atoms with Gasteiger partial charge in [0.1, 0.15) is 0 Å². The van der Waals surface area contributed by atoms with Crippen LogP contribution >= 0.6 is 23.1 Å². The van der Waals surface area contributed by atoms with E-state index in [9.17, 15) is 0 Å². The molecule has 0 bridgehead atoms. The molecule has 0 N–H and O–H groups in total. The summed E-state index contributed by atoms with van der Waals surface area (Å²) in [5.41, 5.74) is 2.42. The Morgan fingerprint density at radius 3 is 2.62 bits per heavy atom. The molecular formula is C19H21N3S2. The van der Waals surface area contributed by atoms with Crippen LogP contribution in [0.1, 0.15) is 26.5 Å². The number of thioether (sulfide) groups is 1. The van der Waals surface area contributed by atoms with Gasteiger partial charge < -0.3 is 0 Å². The number of pyridine rings is 1. The fraction of sp³-hybridized carbons (Fsp3) is 0.263. The standard InChI is InChI=1S/C19H21N3S2/c1-19(2,3)16-13-24-18(21-17-10-5-6-11-20-17)22(16)14-8-7-9-15(12-14)23-4/h5-13H,1-4H3/b21-18-. The molecule has 2 aromatic heterocycles. The molecule has 0 amide bonds. The van der Waals surface area contributed by atoms with Gasteiger partial charge in [0.15, 0.2) is 10.6 Å². The number of aromatic nitrogens is 2. The lowest BCUT2D eigenvalue weighted by Crippen LogP contribution is -2.23. The first kappa shape index (κ1) is 17.0. The summed E-state index contributed by atoms with van der Waals surface area (Å²) in [6.07, 6.45) is 3.87. The molecule has 124 valence electrons. The molecule has 24 heavy (non-hydrogen) atoms. The van der Waals surface area contributed by atoms with Crippen LogP contribution in [0.3, 0.4) is 0 Å². The number of rotatable bonds is 3. The van der Waals surface area contributed by atoms with Gasteiger partial charge in [-0.15, -0.1) is 23.1 Å². The van der Waals surface area contributed by atoms with Gasteiger partial charge in [0, 0.05) is 33.3 Å². The van der Waals surface area contributed by atoms with Crippen molar-refractivity contribution in [2.75, 3.05) is 6.26 Å². The molecule has 3 rings (SSSR count). The van der Waals surface area contributed by atoms with E-state index in [0.717, 1.165) is 16.3 Å². The van der Waals surface area contributed by atoms with E-state index in [-0.39, 0.29) is 5.41 Å². The molecular weight excluding hydrogens is 334 g/mol. The topological polar surface area (TPSA) is 30.2 Å². The van der Waals surface area contributed by atoms with Crippen LogP contribution in [0, 0.1) is 0 Å². The average molecular weight is 356 g/mol. The third kappa shape index (κ3) is 3.62. The van der Waals surface area contributed by atoms with Crippen LogP contribution in [0.5, 0.6) is 0 Å². The molecule has 0 aliphatic carbocycles. The highest BCUT2D eigenvalue weighted by Crippen LogP contribution is 2.27. The van der Waals surface area contributed by atoms with Crippen LogP contribution < -0.4 is 4.80 Å². The Hall–Kier alpha value is -1.85. The van der Waals surface area contributed by atoms with Crippen molar-refractivity contribution in [3.8, 4) is 5.69 Å². The summed E-state index contributed by atoms with van der Waals surface area (Å²) >= 11 is 3.41. The molecule has 5 heteroatoms. The molecule has 0 unspecified atom stereocenters. The number of benzene rings is 1. The zero-order chi connectivity index (χ0) is 17.2. The van der Waals surface area contributed by atoms with Crippen LogP contribution in [0.15, 0.2) is 63.9 Å². The highest BCUT2D eigenvalue weighted by atomic mass is 32.2. The fourth-order valence-electron chi connectivity index (χ4n) is 2.42. The quantitative estimate of drug-likeness (QED) is 0.606. The second-order valence-corrected chi connectivity index (χ2v) is 8.21. The average Bonchev–Trinajstić information content (AvgIpc) is 3.00. The third-order valence-corrected chi connectivity index (χ3v) is 5.20. The summed E-state index contributed by atoms with van der Waals surface area (Å²) in [6.45, 7) is 6.69. The minimum atomic E-state index is 0.0315. The molecule has 2 heterocycles. The first-order valence-corrected chi connectivity index (χ1v) is 9.91. The van der Waals surface area contributed by atoms with Crippen molar-refractivity contribution in [3.63, 3.8) is 0 Å². The number of hydrogen-bond acceptors (Lipinski definition) is 4. The summed E-state index contributed by atoms with van der Waals surface area (Å²) in [4.78, 5) is 11.3. The van der Waals surface area contributed by atoms with Crippen molar-refractivity contribution < 1.29 is 0 Å². The summed E-state index contributed by atoms with van der Waals surface area (Å²) < 4.78 is 2.25. The molecule has 0 aliphatic rings. The molecule has 0 atom stereocenters. The molecule has 3 nitrogen and oxygen atoms in total. The zero-order valence-corrected chi connectivity index (χ0v) is 16.0. The first-order valence-electron chi connectivity index (χ1n) is 7.80. The Kier molecular flexibility index (Phi) is 4.92. The SMILES string of the molecule is CSc1cccc(-n2c(C(C)(C)C)cs/c2=N\c2ccccn2)c1. The molecule has 0 spiro atoms. The van der Waals surface area contributed by atoms with E-state index in [1.807, 2.05) is 18.2 Å². The lowest BCUT2D eigenvalue weighted by molar-refractivity contribution is 0.553. The maximum Gasteiger partial charge on any atom is 0.196 e. The van der Waals surface area contributed by atoms with Gasteiger partial charge in [-0.3, -0.25) is 4.57 Å². The van der Waals surface area contributed by atoms with E-state index in [0.29, 0.717) is 0 Å². The Balaban J connectivity index is 2.25. The molecule has 0 saturated carbocycles. The number of hydrogen-bond donors (Lipinski definition) is 0. The van der Waals surface area contributed by atoms with Gasteiger partial charge in [-0.05, 0) is 36.6 Å². The van der Waals surface area contributed by atoms with E-state index >= 15 is 0 Å². The van der Waals surface area contributed by atoms with Crippen LogP contribution in [0.25, 0.3) is 5.69 Å². The van der Waals surface area contributed by atoms with Gasteiger partial charge in [-0.2, -0.15) is 0 Å². The lowest BCUT2D eigenvalue weighted by Gasteiger charge is -2.21. The van der Waals surface area contributed by atoms with Crippen molar-refractivity contribution >= 4 is 28.9 Å². The highest BCUT2D eigenvalue weighted by molar-refractivity contribution is 7.98. The van der Waals surface area contributed by atoms with Crippen LogP contribution in [0.4, 0.5) is 5.82 Å². The second-order valence-electron chi connectivity index (χ2n) is 6.49. The minimum absolute atomic E-state index is 0.0315. The first-order chi connectivity index (χ1) is 11.5. The normalized spacial score (nSPS) is 12.6. The Morgan fingerprint density at radius 1 is 1.12 bits per heavy atom. The predicted octanol–water partition coefficient (Wildman–Crippen LogP) is 5.19. The van der Waals surface area contributed by atoms with Gasteiger partial charge in [0.25, 0.3) is 0 Å². The van der Waals surface area contributed by atoms with Crippen LogP contribution in [-0.2, 0) is 5.41 Å². The highest BCUT2D eigenvalue weighted by Gasteiger charge is 2.21. The largest absolute Gasteiger partial charge is 0.289 e. The molecule has 0 aliphatic heterocycles. The zero-order valence-electron chi connectivity index (χ0n) is 14.4. The van der Waals surface area contributed by atoms with Crippen molar-refractivity contribution in [3.05, 3.63) is 64.5 Å². The van der Waals surface area contributed by atoms with Crippen molar-refractivity contribution in [1.29, 1.82) is 0 Å². The van der Waals surface area contributed by atoms with Crippen molar-refractivity contribution in [2.45, 2.75) is 31.1 Å². The third-order valence-electron chi connectivity index (χ3n) is 3.65. The van der Waals surface area contributed by atoms with E-state index in [1.165, 1.54) is 10.6 Å². The van der Waals surface area contributed by atoms with Gasteiger partial charge >= 0.3 is 0 Å². The lowest BCUT2D eigenvalue weighted by atomic mass is 9.93. The molecule has 0 saturated heterocycles. The molecule has 0 radical (unpaired) electrons. The predicted molar refractivity (Wildman–Crippen MR) is 104 cm³/mol. The van der Waals surface area contributed by atoms with E-state index in [1.54, 1.807) is 29.3 Å². The minimum Gasteiger partial charge on any atom is -0.289 e. The fourth-order valence-corrected chi connectivity index (χ4v) is 4.01. The maximum atomic E-state index is 4.77. The van der Waals surface area contributed by atoms with E-state index < -0.39 is 0 Å². The maximum absolute atomic E-state index is 4.77. The number of nitrogens with zero attached hydrogens (tertiary/aromatic N) is 3. The van der Waals surface area contributed by atoms with Crippen LogP contribution in [-0.4, -0.2) is 15.8 Å². The molecule has 3 aromatic rings. The van der Waals surface area contributed by atoms with Gasteiger partial charge in [-0.1, -0.05) is 32.9 Å². The van der Waals surface area contributed by atoms with E-state index in [4.69, 9.17) is 4.99 Å². The van der Waals surface area contributed by atoms with Gasteiger partial charge in [-0.25, -0.2) is 9.98 Å². The summed E-state index contributed by atoms with van der Waals surface area (Å²) in [7, 11) is 0.